The SMILES string of the molecule is Cc1c(-c2ccccc2)nc2ccccc2c1C(=O)OCC(=O)NCC(=O)N(C)C. The van der Waals surface area contributed by atoms with Gasteiger partial charge in [-0.15, -0.1) is 0 Å². The Balaban J connectivity index is 1.86. The van der Waals surface area contributed by atoms with Crippen molar-refractivity contribution in [1.29, 1.82) is 0 Å². The highest BCUT2D eigenvalue weighted by Crippen LogP contribution is 2.30. The quantitative estimate of drug-likeness (QED) is 0.637. The highest BCUT2D eigenvalue weighted by atomic mass is 16.5. The average molecular weight is 405 g/mol. The number of ether oxygens (including phenoxy) is 1. The lowest BCUT2D eigenvalue weighted by atomic mass is 9.98. The minimum Gasteiger partial charge on any atom is -0.452 e. The summed E-state index contributed by atoms with van der Waals surface area (Å²) in [6, 6.07) is 16.9. The molecule has 2 amide bonds. The van der Waals surface area contributed by atoms with E-state index in [-0.39, 0.29) is 12.5 Å². The lowest BCUT2D eigenvalue weighted by Gasteiger charge is -2.14. The van der Waals surface area contributed by atoms with Crippen molar-refractivity contribution in [3.05, 3.63) is 65.7 Å². The van der Waals surface area contributed by atoms with Gasteiger partial charge in [-0.05, 0) is 18.6 Å². The van der Waals surface area contributed by atoms with Gasteiger partial charge in [0.05, 0.1) is 23.3 Å². The number of esters is 1. The fourth-order valence-corrected chi connectivity index (χ4v) is 3.03. The van der Waals surface area contributed by atoms with Crippen molar-refractivity contribution in [3.63, 3.8) is 0 Å². The van der Waals surface area contributed by atoms with Crippen molar-refractivity contribution in [2.75, 3.05) is 27.2 Å². The Bertz CT molecular complexity index is 1090. The summed E-state index contributed by atoms with van der Waals surface area (Å²) in [5.41, 5.74) is 3.27. The van der Waals surface area contributed by atoms with Crippen molar-refractivity contribution in [2.45, 2.75) is 6.92 Å². The first-order chi connectivity index (χ1) is 14.4. The van der Waals surface area contributed by atoms with Crippen LogP contribution in [0.1, 0.15) is 15.9 Å². The zero-order valence-electron chi connectivity index (χ0n) is 17.1. The highest BCUT2D eigenvalue weighted by molar-refractivity contribution is 6.07. The highest BCUT2D eigenvalue weighted by Gasteiger charge is 2.21. The molecule has 7 nitrogen and oxygen atoms in total. The molecule has 3 aromatic rings. The van der Waals surface area contributed by atoms with Crippen molar-refractivity contribution in [2.24, 2.45) is 0 Å². The van der Waals surface area contributed by atoms with E-state index in [9.17, 15) is 14.4 Å². The Morgan fingerprint density at radius 2 is 1.67 bits per heavy atom. The number of rotatable bonds is 6. The van der Waals surface area contributed by atoms with Crippen LogP contribution in [0.3, 0.4) is 0 Å². The molecule has 1 N–H and O–H groups in total. The molecule has 0 aliphatic rings. The summed E-state index contributed by atoms with van der Waals surface area (Å²) in [6.07, 6.45) is 0. The van der Waals surface area contributed by atoms with Gasteiger partial charge in [-0.25, -0.2) is 9.78 Å². The molecule has 0 atom stereocenters. The van der Waals surface area contributed by atoms with Gasteiger partial charge in [-0.1, -0.05) is 48.5 Å². The number of pyridine rings is 1. The molecule has 0 fully saturated rings. The van der Waals surface area contributed by atoms with E-state index in [1.807, 2.05) is 55.5 Å². The number of carbonyl (C=O) groups excluding carboxylic acids is 3. The van der Waals surface area contributed by atoms with Gasteiger partial charge in [0.25, 0.3) is 5.91 Å². The zero-order chi connectivity index (χ0) is 21.7. The number of nitrogens with one attached hydrogen (secondary N) is 1. The Morgan fingerprint density at radius 1 is 1.00 bits per heavy atom. The topological polar surface area (TPSA) is 88.6 Å². The van der Waals surface area contributed by atoms with Crippen molar-refractivity contribution in [3.8, 4) is 11.3 Å². The average Bonchev–Trinajstić information content (AvgIpc) is 2.75. The van der Waals surface area contributed by atoms with Gasteiger partial charge in [0, 0.05) is 25.0 Å². The number of hydrogen-bond acceptors (Lipinski definition) is 5. The second kappa shape index (κ2) is 9.17. The summed E-state index contributed by atoms with van der Waals surface area (Å²) in [7, 11) is 3.19. The minimum atomic E-state index is -0.614. The van der Waals surface area contributed by atoms with E-state index in [2.05, 4.69) is 5.32 Å². The van der Waals surface area contributed by atoms with Gasteiger partial charge < -0.3 is 15.0 Å². The number of likely N-dealkylation sites (N-methyl/N-ethyl adjacent to an activating group) is 1. The Labute approximate surface area is 174 Å². The standard InChI is InChI=1S/C23H23N3O4/c1-15-21(23(29)30-14-19(27)24-13-20(28)26(2)3)17-11-7-8-12-18(17)25-22(15)16-9-5-4-6-10-16/h4-12H,13-14H2,1-3H3,(H,24,27). The number of fused-ring (bicyclic) bond motifs is 1. The first kappa shape index (κ1) is 21.0. The molecular weight excluding hydrogens is 382 g/mol. The molecule has 0 unspecified atom stereocenters. The molecule has 0 aliphatic heterocycles. The molecule has 0 bridgehead atoms. The van der Waals surface area contributed by atoms with Crippen molar-refractivity contribution >= 4 is 28.7 Å². The third-order valence-corrected chi connectivity index (χ3v) is 4.66. The van der Waals surface area contributed by atoms with Crippen LogP contribution < -0.4 is 5.32 Å². The molecule has 0 spiro atoms. The Hall–Kier alpha value is -3.74. The molecule has 7 heteroatoms. The van der Waals surface area contributed by atoms with E-state index in [1.54, 1.807) is 20.2 Å². The molecule has 1 heterocycles. The molecule has 3 rings (SSSR count). The third-order valence-electron chi connectivity index (χ3n) is 4.66. The van der Waals surface area contributed by atoms with Gasteiger partial charge in [-0.3, -0.25) is 9.59 Å². The summed E-state index contributed by atoms with van der Waals surface area (Å²) < 4.78 is 5.26. The van der Waals surface area contributed by atoms with Crippen LogP contribution in [0.2, 0.25) is 0 Å². The zero-order valence-corrected chi connectivity index (χ0v) is 17.1. The maximum Gasteiger partial charge on any atom is 0.339 e. The lowest BCUT2D eigenvalue weighted by Crippen LogP contribution is -2.38. The lowest BCUT2D eigenvalue weighted by molar-refractivity contribution is -0.131. The van der Waals surface area contributed by atoms with Crippen molar-refractivity contribution in [1.82, 2.24) is 15.2 Å². The third kappa shape index (κ3) is 4.63. The number of benzene rings is 2. The normalized spacial score (nSPS) is 10.5. The first-order valence-corrected chi connectivity index (χ1v) is 9.47. The van der Waals surface area contributed by atoms with Crippen LogP contribution in [-0.2, 0) is 14.3 Å². The van der Waals surface area contributed by atoms with E-state index in [4.69, 9.17) is 9.72 Å². The van der Waals surface area contributed by atoms with Crippen LogP contribution in [-0.4, -0.2) is 54.9 Å². The first-order valence-electron chi connectivity index (χ1n) is 9.47. The molecule has 0 radical (unpaired) electrons. The Morgan fingerprint density at radius 3 is 2.37 bits per heavy atom. The van der Waals surface area contributed by atoms with Crippen LogP contribution in [0.4, 0.5) is 0 Å². The van der Waals surface area contributed by atoms with Crippen molar-refractivity contribution < 1.29 is 19.1 Å². The van der Waals surface area contributed by atoms with Crippen LogP contribution in [0.5, 0.6) is 0 Å². The van der Waals surface area contributed by atoms with Gasteiger partial charge in [0.2, 0.25) is 5.91 Å². The van der Waals surface area contributed by atoms with E-state index < -0.39 is 18.5 Å². The summed E-state index contributed by atoms with van der Waals surface area (Å²) in [6.45, 7) is 1.18. The summed E-state index contributed by atoms with van der Waals surface area (Å²) in [5, 5.41) is 3.10. The number of hydrogen-bond donors (Lipinski definition) is 1. The van der Waals surface area contributed by atoms with E-state index in [0.29, 0.717) is 27.7 Å². The van der Waals surface area contributed by atoms with Crippen LogP contribution in [0.15, 0.2) is 54.6 Å². The fraction of sp³-hybridized carbons (Fsp3) is 0.217. The molecule has 2 aromatic carbocycles. The summed E-state index contributed by atoms with van der Waals surface area (Å²) in [5.74, 6) is -1.41. The maximum atomic E-state index is 12.9. The number of para-hydroxylation sites is 1. The number of carbonyl (C=O) groups is 3. The van der Waals surface area contributed by atoms with Gasteiger partial charge >= 0.3 is 5.97 Å². The van der Waals surface area contributed by atoms with Crippen LogP contribution in [0.25, 0.3) is 22.2 Å². The van der Waals surface area contributed by atoms with Gasteiger partial charge in [0.15, 0.2) is 6.61 Å². The molecule has 0 saturated carbocycles. The number of aromatic nitrogens is 1. The Kier molecular flexibility index (Phi) is 6.41. The monoisotopic (exact) mass is 405 g/mol. The van der Waals surface area contributed by atoms with Crippen LogP contribution >= 0.6 is 0 Å². The fourth-order valence-electron chi connectivity index (χ4n) is 3.03. The van der Waals surface area contributed by atoms with Crippen LogP contribution in [0, 0.1) is 6.92 Å². The maximum absolute atomic E-state index is 12.9. The molecule has 0 saturated heterocycles. The molecule has 30 heavy (non-hydrogen) atoms. The number of nitrogens with zero attached hydrogens (tertiary/aromatic N) is 2. The molecule has 154 valence electrons. The van der Waals surface area contributed by atoms with E-state index >= 15 is 0 Å². The molecular formula is C23H23N3O4. The summed E-state index contributed by atoms with van der Waals surface area (Å²) >= 11 is 0. The van der Waals surface area contributed by atoms with E-state index in [0.717, 1.165) is 5.56 Å². The largest absolute Gasteiger partial charge is 0.452 e. The predicted molar refractivity (Wildman–Crippen MR) is 114 cm³/mol. The predicted octanol–water partition coefficient (Wildman–Crippen LogP) is 2.57. The summed E-state index contributed by atoms with van der Waals surface area (Å²) in [4.78, 5) is 42.5. The van der Waals surface area contributed by atoms with Gasteiger partial charge in [-0.2, -0.15) is 0 Å². The molecule has 0 aliphatic carbocycles. The second-order valence-electron chi connectivity index (χ2n) is 6.98. The van der Waals surface area contributed by atoms with Gasteiger partial charge in [0.1, 0.15) is 0 Å². The smallest absolute Gasteiger partial charge is 0.339 e. The molecule has 1 aromatic heterocycles. The second-order valence-corrected chi connectivity index (χ2v) is 6.98. The minimum absolute atomic E-state index is 0.154. The number of amides is 2. The van der Waals surface area contributed by atoms with E-state index in [1.165, 1.54) is 4.90 Å².